The number of methoxy groups -OCH3 is 1. The molecule has 0 heterocycles. The Morgan fingerprint density at radius 2 is 2.09 bits per heavy atom. The lowest BCUT2D eigenvalue weighted by molar-refractivity contribution is -0.121. The van der Waals surface area contributed by atoms with Crippen molar-refractivity contribution >= 4 is 5.91 Å². The smallest absolute Gasteiger partial charge is 0.220 e. The van der Waals surface area contributed by atoms with E-state index in [2.05, 4.69) is 10.2 Å². The minimum Gasteiger partial charge on any atom is -0.493 e. The van der Waals surface area contributed by atoms with E-state index in [4.69, 9.17) is 15.2 Å². The van der Waals surface area contributed by atoms with E-state index in [1.54, 1.807) is 7.11 Å². The lowest BCUT2D eigenvalue weighted by Gasteiger charge is -2.14. The van der Waals surface area contributed by atoms with Gasteiger partial charge >= 0.3 is 0 Å². The number of nitrogens with one attached hydrogen (secondary N) is 1. The van der Waals surface area contributed by atoms with E-state index in [0.29, 0.717) is 44.0 Å². The van der Waals surface area contributed by atoms with Crippen molar-refractivity contribution in [2.24, 2.45) is 5.73 Å². The fourth-order valence-electron chi connectivity index (χ4n) is 1.83. The van der Waals surface area contributed by atoms with E-state index >= 15 is 0 Å². The molecule has 0 atom stereocenters. The number of hydrogen-bond acceptors (Lipinski definition) is 5. The van der Waals surface area contributed by atoms with Crippen LogP contribution in [0.2, 0.25) is 0 Å². The average Bonchev–Trinajstić information content (AvgIpc) is 2.51. The number of rotatable bonds is 10. The zero-order valence-electron chi connectivity index (χ0n) is 13.7. The number of benzene rings is 1. The molecule has 22 heavy (non-hydrogen) atoms. The molecule has 1 amide bonds. The third-order valence-electron chi connectivity index (χ3n) is 3.12. The molecule has 3 N–H and O–H groups in total. The molecule has 0 saturated heterocycles. The molecule has 0 saturated carbocycles. The molecule has 1 aromatic carbocycles. The SMILES string of the molecule is COc1cc(CNC(=O)CCCN)ccc1OCCN(C)C. The van der Waals surface area contributed by atoms with E-state index in [0.717, 1.165) is 12.1 Å². The number of carbonyl (C=O) groups excluding carboxylic acids is 1. The molecule has 1 rings (SSSR count). The Bertz CT molecular complexity index is 464. The first kappa shape index (κ1) is 18.3. The summed E-state index contributed by atoms with van der Waals surface area (Å²) in [6.07, 6.45) is 1.16. The highest BCUT2D eigenvalue weighted by Gasteiger charge is 2.07. The molecule has 1 aromatic rings. The van der Waals surface area contributed by atoms with Gasteiger partial charge in [0, 0.05) is 19.5 Å². The highest BCUT2D eigenvalue weighted by Crippen LogP contribution is 2.28. The lowest BCUT2D eigenvalue weighted by atomic mass is 10.2. The third kappa shape index (κ3) is 6.78. The van der Waals surface area contributed by atoms with E-state index in [9.17, 15) is 4.79 Å². The van der Waals surface area contributed by atoms with Crippen molar-refractivity contribution in [3.8, 4) is 11.5 Å². The summed E-state index contributed by atoms with van der Waals surface area (Å²) >= 11 is 0. The van der Waals surface area contributed by atoms with Crippen LogP contribution in [0.3, 0.4) is 0 Å². The van der Waals surface area contributed by atoms with Gasteiger partial charge < -0.3 is 25.4 Å². The summed E-state index contributed by atoms with van der Waals surface area (Å²) in [7, 11) is 5.60. The summed E-state index contributed by atoms with van der Waals surface area (Å²) in [6.45, 7) is 2.43. The molecule has 0 spiro atoms. The lowest BCUT2D eigenvalue weighted by Crippen LogP contribution is -2.23. The van der Waals surface area contributed by atoms with Gasteiger partial charge in [-0.25, -0.2) is 0 Å². The quantitative estimate of drug-likeness (QED) is 0.674. The fraction of sp³-hybridized carbons (Fsp3) is 0.562. The first-order chi connectivity index (χ1) is 10.6. The van der Waals surface area contributed by atoms with Crippen LogP contribution in [-0.2, 0) is 11.3 Å². The zero-order chi connectivity index (χ0) is 16.4. The van der Waals surface area contributed by atoms with Crippen LogP contribution in [0.5, 0.6) is 11.5 Å². The van der Waals surface area contributed by atoms with Crippen LogP contribution in [0, 0.1) is 0 Å². The van der Waals surface area contributed by atoms with Gasteiger partial charge in [0.25, 0.3) is 0 Å². The highest BCUT2D eigenvalue weighted by atomic mass is 16.5. The Kier molecular flexibility index (Phi) is 8.32. The van der Waals surface area contributed by atoms with Crippen molar-refractivity contribution < 1.29 is 14.3 Å². The largest absolute Gasteiger partial charge is 0.493 e. The van der Waals surface area contributed by atoms with Crippen LogP contribution in [0.25, 0.3) is 0 Å². The normalized spacial score (nSPS) is 10.6. The topological polar surface area (TPSA) is 76.8 Å². The maximum atomic E-state index is 11.6. The molecule has 6 nitrogen and oxygen atoms in total. The monoisotopic (exact) mass is 309 g/mol. The Morgan fingerprint density at radius 3 is 2.73 bits per heavy atom. The van der Waals surface area contributed by atoms with Crippen molar-refractivity contribution in [3.63, 3.8) is 0 Å². The summed E-state index contributed by atoms with van der Waals surface area (Å²) in [4.78, 5) is 13.6. The van der Waals surface area contributed by atoms with Crippen LogP contribution >= 0.6 is 0 Å². The maximum absolute atomic E-state index is 11.6. The van der Waals surface area contributed by atoms with Gasteiger partial charge in [-0.3, -0.25) is 4.79 Å². The number of carbonyl (C=O) groups is 1. The highest BCUT2D eigenvalue weighted by molar-refractivity contribution is 5.75. The Hall–Kier alpha value is -1.79. The molecule has 0 fully saturated rings. The predicted molar refractivity (Wildman–Crippen MR) is 87.2 cm³/mol. The molecular formula is C16H27N3O3. The molecule has 0 aliphatic rings. The Balaban J connectivity index is 2.54. The van der Waals surface area contributed by atoms with Crippen molar-refractivity contribution in [3.05, 3.63) is 23.8 Å². The summed E-state index contributed by atoms with van der Waals surface area (Å²) in [5.41, 5.74) is 6.35. The van der Waals surface area contributed by atoms with Gasteiger partial charge in [-0.2, -0.15) is 0 Å². The van der Waals surface area contributed by atoms with Crippen molar-refractivity contribution in [2.45, 2.75) is 19.4 Å². The van der Waals surface area contributed by atoms with E-state index < -0.39 is 0 Å². The fourth-order valence-corrected chi connectivity index (χ4v) is 1.83. The summed E-state index contributed by atoms with van der Waals surface area (Å²) < 4.78 is 11.1. The minimum absolute atomic E-state index is 0.00993. The zero-order valence-corrected chi connectivity index (χ0v) is 13.7. The Labute approximate surface area is 132 Å². The van der Waals surface area contributed by atoms with Gasteiger partial charge in [0.1, 0.15) is 6.61 Å². The minimum atomic E-state index is 0.00993. The molecule has 0 bridgehead atoms. The van der Waals surface area contributed by atoms with Gasteiger partial charge in [-0.1, -0.05) is 6.07 Å². The number of hydrogen-bond donors (Lipinski definition) is 2. The molecule has 6 heteroatoms. The van der Waals surface area contributed by atoms with Crippen molar-refractivity contribution in [2.75, 3.05) is 40.9 Å². The van der Waals surface area contributed by atoms with Crippen LogP contribution in [0.1, 0.15) is 18.4 Å². The third-order valence-corrected chi connectivity index (χ3v) is 3.12. The number of ether oxygens (including phenoxy) is 2. The molecule has 0 aromatic heterocycles. The first-order valence-corrected chi connectivity index (χ1v) is 7.48. The van der Waals surface area contributed by atoms with Crippen molar-refractivity contribution in [1.29, 1.82) is 0 Å². The van der Waals surface area contributed by atoms with E-state index in [-0.39, 0.29) is 5.91 Å². The predicted octanol–water partition coefficient (Wildman–Crippen LogP) is 0.991. The second-order valence-electron chi connectivity index (χ2n) is 5.31. The summed E-state index contributed by atoms with van der Waals surface area (Å²) in [5.74, 6) is 1.39. The number of amides is 1. The maximum Gasteiger partial charge on any atom is 0.220 e. The molecular weight excluding hydrogens is 282 g/mol. The van der Waals surface area contributed by atoms with E-state index in [1.807, 2.05) is 32.3 Å². The standard InChI is InChI=1S/C16H27N3O3/c1-19(2)9-10-22-14-7-6-13(11-15(14)21-3)12-18-16(20)5-4-8-17/h6-7,11H,4-5,8-10,12,17H2,1-3H3,(H,18,20). The molecule has 0 aliphatic carbocycles. The van der Waals surface area contributed by atoms with E-state index in [1.165, 1.54) is 0 Å². The number of nitrogens with zero attached hydrogens (tertiary/aromatic N) is 1. The van der Waals surface area contributed by atoms with Crippen LogP contribution < -0.4 is 20.5 Å². The summed E-state index contributed by atoms with van der Waals surface area (Å²) in [6, 6.07) is 5.68. The van der Waals surface area contributed by atoms with Gasteiger partial charge in [0.15, 0.2) is 11.5 Å². The molecule has 0 radical (unpaired) electrons. The van der Waals surface area contributed by atoms with Gasteiger partial charge in [0.2, 0.25) is 5.91 Å². The molecule has 0 unspecified atom stereocenters. The Morgan fingerprint density at radius 1 is 1.32 bits per heavy atom. The van der Waals surface area contributed by atoms with Crippen LogP contribution in [0.4, 0.5) is 0 Å². The summed E-state index contributed by atoms with van der Waals surface area (Å²) in [5, 5.41) is 2.87. The van der Waals surface area contributed by atoms with Gasteiger partial charge in [0.05, 0.1) is 7.11 Å². The number of likely N-dealkylation sites (N-methyl/N-ethyl adjacent to an activating group) is 1. The molecule has 0 aliphatic heterocycles. The second kappa shape index (κ2) is 10.0. The van der Waals surface area contributed by atoms with Gasteiger partial charge in [-0.05, 0) is 44.8 Å². The van der Waals surface area contributed by atoms with Gasteiger partial charge in [-0.15, -0.1) is 0 Å². The molecule has 124 valence electrons. The first-order valence-electron chi connectivity index (χ1n) is 7.48. The van der Waals surface area contributed by atoms with Crippen LogP contribution in [0.15, 0.2) is 18.2 Å². The van der Waals surface area contributed by atoms with Crippen LogP contribution in [-0.4, -0.2) is 51.7 Å². The van der Waals surface area contributed by atoms with Crippen molar-refractivity contribution in [1.82, 2.24) is 10.2 Å². The second-order valence-corrected chi connectivity index (χ2v) is 5.31. The number of nitrogens with two attached hydrogens (primary N) is 1. The average molecular weight is 309 g/mol.